The average Bonchev–Trinajstić information content (AvgIpc) is 3.03. The van der Waals surface area contributed by atoms with E-state index < -0.39 is 0 Å². The molecule has 1 saturated carbocycles. The van der Waals surface area contributed by atoms with Crippen LogP contribution in [0.2, 0.25) is 0 Å². The predicted molar refractivity (Wildman–Crippen MR) is 68.0 cm³/mol. The van der Waals surface area contributed by atoms with Gasteiger partial charge in [0, 0.05) is 17.2 Å². The van der Waals surface area contributed by atoms with Crippen LogP contribution in [-0.4, -0.2) is 5.38 Å². The molecule has 16 heavy (non-hydrogen) atoms. The molecule has 2 atom stereocenters. The smallest absolute Gasteiger partial charge is 0.0485 e. The lowest BCUT2D eigenvalue weighted by Crippen LogP contribution is -1.82. The molecule has 1 aliphatic rings. The Hall–Kier alpha value is -1.27. The summed E-state index contributed by atoms with van der Waals surface area (Å²) in [5.41, 5.74) is 2.72. The zero-order chi connectivity index (χ0) is 11.0. The summed E-state index contributed by atoms with van der Waals surface area (Å²) in [4.78, 5) is 0. The summed E-state index contributed by atoms with van der Waals surface area (Å²) in [7, 11) is 0. The average molecular weight is 229 g/mol. The van der Waals surface area contributed by atoms with Crippen molar-refractivity contribution in [1.29, 1.82) is 0 Å². The van der Waals surface area contributed by atoms with Crippen molar-refractivity contribution in [3.05, 3.63) is 71.8 Å². The van der Waals surface area contributed by atoms with E-state index in [-0.39, 0.29) is 5.38 Å². The standard InChI is InChI=1S/C15H13Cl/c16-15-13(11-7-3-1-4-8-11)14(15)12-9-5-2-6-10-12/h1-10,13-15H. The molecular formula is C15H13Cl. The molecule has 0 amide bonds. The molecule has 0 heterocycles. The van der Waals surface area contributed by atoms with Gasteiger partial charge in [-0.2, -0.15) is 0 Å². The van der Waals surface area contributed by atoms with Crippen LogP contribution >= 0.6 is 11.6 Å². The topological polar surface area (TPSA) is 0 Å². The molecule has 0 nitrogen and oxygen atoms in total. The van der Waals surface area contributed by atoms with Gasteiger partial charge in [-0.1, -0.05) is 60.7 Å². The van der Waals surface area contributed by atoms with Crippen LogP contribution in [-0.2, 0) is 0 Å². The van der Waals surface area contributed by atoms with Crippen molar-refractivity contribution in [2.75, 3.05) is 0 Å². The van der Waals surface area contributed by atoms with Crippen LogP contribution in [0.15, 0.2) is 60.7 Å². The summed E-state index contributed by atoms with van der Waals surface area (Å²) in [6.07, 6.45) is 0. The molecule has 2 unspecified atom stereocenters. The van der Waals surface area contributed by atoms with Gasteiger partial charge in [0.25, 0.3) is 0 Å². The first-order chi connectivity index (χ1) is 7.88. The van der Waals surface area contributed by atoms with Crippen LogP contribution in [0, 0.1) is 0 Å². The third-order valence-corrected chi connectivity index (χ3v) is 3.84. The van der Waals surface area contributed by atoms with E-state index in [1.165, 1.54) is 11.1 Å². The van der Waals surface area contributed by atoms with Crippen molar-refractivity contribution >= 4 is 11.6 Å². The van der Waals surface area contributed by atoms with Gasteiger partial charge < -0.3 is 0 Å². The van der Waals surface area contributed by atoms with E-state index in [4.69, 9.17) is 11.6 Å². The van der Waals surface area contributed by atoms with Gasteiger partial charge in [-0.15, -0.1) is 11.6 Å². The molecular weight excluding hydrogens is 216 g/mol. The third-order valence-electron chi connectivity index (χ3n) is 3.30. The summed E-state index contributed by atoms with van der Waals surface area (Å²) in [6.45, 7) is 0. The van der Waals surface area contributed by atoms with Gasteiger partial charge in [0.2, 0.25) is 0 Å². The van der Waals surface area contributed by atoms with E-state index in [2.05, 4.69) is 48.5 Å². The SMILES string of the molecule is ClC1C(c2ccccc2)C1c1ccccc1. The summed E-state index contributed by atoms with van der Waals surface area (Å²) in [6, 6.07) is 21.1. The van der Waals surface area contributed by atoms with Crippen LogP contribution in [0.4, 0.5) is 0 Å². The molecule has 0 bridgehead atoms. The number of halogens is 1. The van der Waals surface area contributed by atoms with Gasteiger partial charge in [-0.05, 0) is 11.1 Å². The molecule has 3 rings (SSSR count). The molecule has 0 spiro atoms. The molecule has 0 aromatic heterocycles. The Morgan fingerprint density at radius 2 is 1.00 bits per heavy atom. The van der Waals surface area contributed by atoms with E-state index in [0.717, 1.165) is 0 Å². The second-order valence-electron chi connectivity index (χ2n) is 4.32. The first kappa shape index (κ1) is 9.92. The minimum Gasteiger partial charge on any atom is -0.122 e. The summed E-state index contributed by atoms with van der Waals surface area (Å²) < 4.78 is 0. The van der Waals surface area contributed by atoms with E-state index >= 15 is 0 Å². The van der Waals surface area contributed by atoms with Gasteiger partial charge in [-0.25, -0.2) is 0 Å². The zero-order valence-electron chi connectivity index (χ0n) is 8.88. The van der Waals surface area contributed by atoms with Crippen molar-refractivity contribution in [1.82, 2.24) is 0 Å². The second-order valence-corrected chi connectivity index (χ2v) is 4.82. The molecule has 1 aliphatic carbocycles. The van der Waals surface area contributed by atoms with Crippen molar-refractivity contribution < 1.29 is 0 Å². The zero-order valence-corrected chi connectivity index (χ0v) is 9.64. The monoisotopic (exact) mass is 228 g/mol. The Balaban J connectivity index is 1.87. The van der Waals surface area contributed by atoms with Crippen LogP contribution in [0.1, 0.15) is 23.0 Å². The highest BCUT2D eigenvalue weighted by molar-refractivity contribution is 6.24. The Bertz CT molecular complexity index is 418. The van der Waals surface area contributed by atoms with Gasteiger partial charge in [0.05, 0.1) is 0 Å². The molecule has 2 aromatic carbocycles. The Morgan fingerprint density at radius 3 is 1.38 bits per heavy atom. The molecule has 0 N–H and O–H groups in total. The molecule has 1 fully saturated rings. The minimum absolute atomic E-state index is 0.254. The Morgan fingerprint density at radius 1 is 0.625 bits per heavy atom. The fourth-order valence-corrected chi connectivity index (χ4v) is 2.93. The lowest BCUT2D eigenvalue weighted by atomic mass is 10.0. The minimum atomic E-state index is 0.254. The number of hydrogen-bond acceptors (Lipinski definition) is 0. The molecule has 2 aromatic rings. The highest BCUT2D eigenvalue weighted by Crippen LogP contribution is 2.58. The summed E-state index contributed by atoms with van der Waals surface area (Å²) in [5, 5.41) is 0.254. The van der Waals surface area contributed by atoms with Crippen LogP contribution in [0.5, 0.6) is 0 Å². The third kappa shape index (κ3) is 1.64. The predicted octanol–water partition coefficient (Wildman–Crippen LogP) is 4.18. The van der Waals surface area contributed by atoms with Crippen LogP contribution in [0.3, 0.4) is 0 Å². The lowest BCUT2D eigenvalue weighted by molar-refractivity contribution is 1.03. The van der Waals surface area contributed by atoms with E-state index in [1.807, 2.05) is 12.1 Å². The van der Waals surface area contributed by atoms with Crippen molar-refractivity contribution in [2.24, 2.45) is 0 Å². The fraction of sp³-hybridized carbons (Fsp3) is 0.200. The van der Waals surface area contributed by atoms with E-state index in [9.17, 15) is 0 Å². The highest BCUT2D eigenvalue weighted by atomic mass is 35.5. The Labute approximate surface area is 101 Å². The number of benzene rings is 2. The molecule has 0 radical (unpaired) electrons. The lowest BCUT2D eigenvalue weighted by Gasteiger charge is -1.99. The first-order valence-corrected chi connectivity index (χ1v) is 6.05. The molecule has 1 heteroatoms. The van der Waals surface area contributed by atoms with Crippen LogP contribution < -0.4 is 0 Å². The molecule has 0 aliphatic heterocycles. The highest BCUT2D eigenvalue weighted by Gasteiger charge is 2.50. The number of rotatable bonds is 2. The molecule has 80 valence electrons. The second kappa shape index (κ2) is 3.95. The van der Waals surface area contributed by atoms with Gasteiger partial charge in [0.15, 0.2) is 0 Å². The maximum absolute atomic E-state index is 6.39. The quantitative estimate of drug-likeness (QED) is 0.677. The summed E-state index contributed by atoms with van der Waals surface area (Å²) in [5.74, 6) is 0.982. The van der Waals surface area contributed by atoms with Crippen molar-refractivity contribution in [3.8, 4) is 0 Å². The van der Waals surface area contributed by atoms with E-state index in [1.54, 1.807) is 0 Å². The maximum atomic E-state index is 6.39. The summed E-state index contributed by atoms with van der Waals surface area (Å²) >= 11 is 6.39. The number of hydrogen-bond donors (Lipinski definition) is 0. The molecule has 0 saturated heterocycles. The van der Waals surface area contributed by atoms with Crippen LogP contribution in [0.25, 0.3) is 0 Å². The van der Waals surface area contributed by atoms with Crippen molar-refractivity contribution in [2.45, 2.75) is 17.2 Å². The number of alkyl halides is 1. The van der Waals surface area contributed by atoms with Gasteiger partial charge >= 0.3 is 0 Å². The Kier molecular flexibility index (Phi) is 2.45. The van der Waals surface area contributed by atoms with E-state index in [0.29, 0.717) is 11.8 Å². The van der Waals surface area contributed by atoms with Gasteiger partial charge in [-0.3, -0.25) is 0 Å². The fourth-order valence-electron chi connectivity index (χ4n) is 2.41. The van der Waals surface area contributed by atoms with Gasteiger partial charge in [0.1, 0.15) is 0 Å². The maximum Gasteiger partial charge on any atom is 0.0485 e. The normalized spacial score (nSPS) is 27.7. The first-order valence-electron chi connectivity index (χ1n) is 5.62. The van der Waals surface area contributed by atoms with Crippen molar-refractivity contribution in [3.63, 3.8) is 0 Å². The largest absolute Gasteiger partial charge is 0.122 e.